The normalized spacial score (nSPS) is 10.0. The van der Waals surface area contributed by atoms with Gasteiger partial charge in [0, 0.05) is 16.9 Å². The summed E-state index contributed by atoms with van der Waals surface area (Å²) in [5, 5.41) is 3.12. The molecule has 15 heavy (non-hydrogen) atoms. The van der Waals surface area contributed by atoms with Gasteiger partial charge in [0.15, 0.2) is 0 Å². The van der Waals surface area contributed by atoms with Crippen LogP contribution in [-0.4, -0.2) is 9.97 Å². The second-order valence-corrected chi connectivity index (χ2v) is 4.12. The molecule has 0 spiro atoms. The predicted molar refractivity (Wildman–Crippen MR) is 64.2 cm³/mol. The molecule has 0 saturated carbocycles. The Hall–Kier alpha value is -1.42. The van der Waals surface area contributed by atoms with Crippen LogP contribution in [0.2, 0.25) is 0 Å². The Morgan fingerprint density at radius 1 is 1.13 bits per heavy atom. The Kier molecular flexibility index (Phi) is 2.97. The van der Waals surface area contributed by atoms with Gasteiger partial charge in [0.05, 0.1) is 0 Å². The van der Waals surface area contributed by atoms with Crippen molar-refractivity contribution in [3.63, 3.8) is 0 Å². The molecule has 4 heteroatoms. The van der Waals surface area contributed by atoms with Crippen LogP contribution < -0.4 is 5.32 Å². The molecule has 0 fully saturated rings. The fraction of sp³-hybridized carbons (Fsp3) is 0.0909. The number of anilines is 2. The minimum Gasteiger partial charge on any atom is -0.325 e. The number of aromatic nitrogens is 2. The molecule has 2 aromatic rings. The topological polar surface area (TPSA) is 37.8 Å². The molecular weight excluding hydrogens is 254 g/mol. The first-order chi connectivity index (χ1) is 7.24. The van der Waals surface area contributed by atoms with Crippen LogP contribution in [0.4, 0.5) is 11.6 Å². The summed E-state index contributed by atoms with van der Waals surface area (Å²) in [6, 6.07) is 7.72. The van der Waals surface area contributed by atoms with Gasteiger partial charge in [-0.25, -0.2) is 9.97 Å². The lowest BCUT2D eigenvalue weighted by Crippen LogP contribution is -1.95. The summed E-state index contributed by atoms with van der Waals surface area (Å²) in [5.74, 6) is 1.58. The van der Waals surface area contributed by atoms with Crippen LogP contribution in [0.5, 0.6) is 0 Å². The molecule has 0 saturated heterocycles. The Morgan fingerprint density at radius 3 is 2.67 bits per heavy atom. The maximum absolute atomic E-state index is 4.24. The molecule has 0 unspecified atom stereocenters. The molecule has 0 aliphatic rings. The molecule has 0 bridgehead atoms. The van der Waals surface area contributed by atoms with Crippen molar-refractivity contribution in [2.24, 2.45) is 0 Å². The van der Waals surface area contributed by atoms with Gasteiger partial charge in [0.25, 0.3) is 0 Å². The molecule has 0 aromatic carbocycles. The van der Waals surface area contributed by atoms with E-state index in [-0.39, 0.29) is 0 Å². The van der Waals surface area contributed by atoms with E-state index in [9.17, 15) is 0 Å². The van der Waals surface area contributed by atoms with Crippen LogP contribution >= 0.6 is 15.9 Å². The number of nitrogens with one attached hydrogen (secondary N) is 1. The number of rotatable bonds is 2. The molecular formula is C11H10BrN3. The quantitative estimate of drug-likeness (QED) is 0.904. The van der Waals surface area contributed by atoms with E-state index in [4.69, 9.17) is 0 Å². The summed E-state index contributed by atoms with van der Waals surface area (Å²) in [6.45, 7) is 2.01. The molecule has 0 aliphatic heterocycles. The minimum atomic E-state index is 0.778. The smallest absolute Gasteiger partial charge is 0.132 e. The van der Waals surface area contributed by atoms with Crippen molar-refractivity contribution in [2.45, 2.75) is 6.92 Å². The van der Waals surface area contributed by atoms with E-state index in [1.165, 1.54) is 0 Å². The third-order valence-corrected chi connectivity index (χ3v) is 2.38. The van der Waals surface area contributed by atoms with E-state index in [1.54, 1.807) is 6.20 Å². The highest BCUT2D eigenvalue weighted by Crippen LogP contribution is 2.16. The Morgan fingerprint density at radius 2 is 2.00 bits per heavy atom. The molecule has 0 radical (unpaired) electrons. The Balaban J connectivity index is 2.18. The highest BCUT2D eigenvalue weighted by Gasteiger charge is 1.97. The van der Waals surface area contributed by atoms with Gasteiger partial charge in [-0.05, 0) is 30.7 Å². The predicted octanol–water partition coefficient (Wildman–Crippen LogP) is 3.29. The van der Waals surface area contributed by atoms with E-state index in [2.05, 4.69) is 31.2 Å². The van der Waals surface area contributed by atoms with Gasteiger partial charge in [-0.2, -0.15) is 0 Å². The minimum absolute atomic E-state index is 0.778. The fourth-order valence-electron chi connectivity index (χ4n) is 1.15. The van der Waals surface area contributed by atoms with Gasteiger partial charge in [-0.1, -0.05) is 22.0 Å². The molecule has 76 valence electrons. The second-order valence-electron chi connectivity index (χ2n) is 3.21. The van der Waals surface area contributed by atoms with Gasteiger partial charge in [-0.15, -0.1) is 0 Å². The van der Waals surface area contributed by atoms with Gasteiger partial charge in [0.1, 0.15) is 11.6 Å². The molecule has 1 N–H and O–H groups in total. The SMILES string of the molecule is Cc1ccc(Nc2cc(Br)ccn2)nc1. The fourth-order valence-corrected chi connectivity index (χ4v) is 1.48. The zero-order valence-corrected chi connectivity index (χ0v) is 9.82. The summed E-state index contributed by atoms with van der Waals surface area (Å²) in [4.78, 5) is 8.41. The summed E-state index contributed by atoms with van der Waals surface area (Å²) < 4.78 is 0.993. The van der Waals surface area contributed by atoms with Crippen LogP contribution in [0.3, 0.4) is 0 Å². The number of aryl methyl sites for hydroxylation is 1. The zero-order valence-electron chi connectivity index (χ0n) is 8.24. The van der Waals surface area contributed by atoms with Crippen LogP contribution in [0.1, 0.15) is 5.56 Å². The van der Waals surface area contributed by atoms with Crippen LogP contribution in [0.25, 0.3) is 0 Å². The summed E-state index contributed by atoms with van der Waals surface area (Å²) in [5.41, 5.74) is 1.14. The maximum Gasteiger partial charge on any atom is 0.132 e. The average molecular weight is 264 g/mol. The second kappa shape index (κ2) is 4.40. The van der Waals surface area contributed by atoms with Crippen molar-refractivity contribution in [1.29, 1.82) is 0 Å². The van der Waals surface area contributed by atoms with Crippen molar-refractivity contribution in [3.05, 3.63) is 46.7 Å². The Labute approximate surface area is 96.7 Å². The maximum atomic E-state index is 4.24. The largest absolute Gasteiger partial charge is 0.325 e. The molecule has 0 aliphatic carbocycles. The van der Waals surface area contributed by atoms with Gasteiger partial charge in [-0.3, -0.25) is 0 Å². The first kappa shape index (κ1) is 10.1. The Bertz CT molecular complexity index is 454. The van der Waals surface area contributed by atoms with Crippen molar-refractivity contribution in [1.82, 2.24) is 9.97 Å². The van der Waals surface area contributed by atoms with Crippen LogP contribution in [0.15, 0.2) is 41.1 Å². The van der Waals surface area contributed by atoms with Crippen molar-refractivity contribution >= 4 is 27.6 Å². The van der Waals surface area contributed by atoms with E-state index in [1.807, 2.05) is 37.4 Å². The third-order valence-electron chi connectivity index (χ3n) is 1.89. The molecule has 0 amide bonds. The van der Waals surface area contributed by atoms with E-state index >= 15 is 0 Å². The highest BCUT2D eigenvalue weighted by molar-refractivity contribution is 9.10. The molecule has 2 rings (SSSR count). The number of hydrogen-bond acceptors (Lipinski definition) is 3. The zero-order chi connectivity index (χ0) is 10.7. The molecule has 0 atom stereocenters. The van der Waals surface area contributed by atoms with Crippen LogP contribution in [-0.2, 0) is 0 Å². The molecule has 2 heterocycles. The van der Waals surface area contributed by atoms with Crippen LogP contribution in [0, 0.1) is 6.92 Å². The number of halogens is 1. The van der Waals surface area contributed by atoms with E-state index in [0.29, 0.717) is 0 Å². The van der Waals surface area contributed by atoms with Gasteiger partial charge in [0.2, 0.25) is 0 Å². The first-order valence-electron chi connectivity index (χ1n) is 4.55. The summed E-state index contributed by atoms with van der Waals surface area (Å²) >= 11 is 3.39. The highest BCUT2D eigenvalue weighted by atomic mass is 79.9. The number of nitrogens with zero attached hydrogens (tertiary/aromatic N) is 2. The monoisotopic (exact) mass is 263 g/mol. The number of hydrogen-bond donors (Lipinski definition) is 1. The lowest BCUT2D eigenvalue weighted by atomic mass is 10.3. The molecule has 2 aromatic heterocycles. The van der Waals surface area contributed by atoms with E-state index < -0.39 is 0 Å². The lowest BCUT2D eigenvalue weighted by Gasteiger charge is -2.04. The average Bonchev–Trinajstić information content (AvgIpc) is 2.22. The van der Waals surface area contributed by atoms with Crippen molar-refractivity contribution < 1.29 is 0 Å². The van der Waals surface area contributed by atoms with Crippen molar-refractivity contribution in [2.75, 3.05) is 5.32 Å². The van der Waals surface area contributed by atoms with Gasteiger partial charge >= 0.3 is 0 Å². The van der Waals surface area contributed by atoms with E-state index in [0.717, 1.165) is 21.7 Å². The first-order valence-corrected chi connectivity index (χ1v) is 5.34. The van der Waals surface area contributed by atoms with Crippen molar-refractivity contribution in [3.8, 4) is 0 Å². The lowest BCUT2D eigenvalue weighted by molar-refractivity contribution is 1.22. The summed E-state index contributed by atoms with van der Waals surface area (Å²) in [7, 11) is 0. The molecule has 3 nitrogen and oxygen atoms in total. The third kappa shape index (κ3) is 2.76. The summed E-state index contributed by atoms with van der Waals surface area (Å²) in [6.07, 6.45) is 3.56. The number of pyridine rings is 2. The van der Waals surface area contributed by atoms with Gasteiger partial charge < -0.3 is 5.32 Å². The standard InChI is InChI=1S/C11H10BrN3/c1-8-2-3-10(14-7-8)15-11-6-9(12)4-5-13-11/h2-7H,1H3,(H,13,14,15).